The van der Waals surface area contributed by atoms with Crippen molar-refractivity contribution < 1.29 is 14.3 Å². The SMILES string of the molecule is C/C=C(\C=C/C(C)(C)n1ccccc1=O)N1CCC(C(=NC)C(=O)OCC)=C(C)C1=O.CC.CC.CN. The zero-order chi connectivity index (χ0) is 29.2. The molecule has 37 heavy (non-hydrogen) atoms. The van der Waals surface area contributed by atoms with Gasteiger partial charge in [-0.2, -0.15) is 0 Å². The van der Waals surface area contributed by atoms with Gasteiger partial charge in [0.1, 0.15) is 5.71 Å². The van der Waals surface area contributed by atoms with Crippen LogP contribution in [-0.2, 0) is 19.9 Å². The number of rotatable bonds is 7. The van der Waals surface area contributed by atoms with E-state index in [1.165, 1.54) is 20.2 Å². The summed E-state index contributed by atoms with van der Waals surface area (Å²) in [5, 5.41) is 0. The number of carbonyl (C=O) groups is 2. The average molecular weight is 517 g/mol. The Hall–Kier alpha value is -3.26. The molecule has 0 saturated carbocycles. The van der Waals surface area contributed by atoms with E-state index in [4.69, 9.17) is 4.74 Å². The Bertz CT molecular complexity index is 1030. The smallest absolute Gasteiger partial charge is 0.356 e. The Morgan fingerprint density at radius 1 is 1.16 bits per heavy atom. The van der Waals surface area contributed by atoms with E-state index in [1.807, 2.05) is 72.8 Å². The molecule has 0 atom stereocenters. The molecule has 0 aromatic carbocycles. The third-order valence-electron chi connectivity index (χ3n) is 5.30. The summed E-state index contributed by atoms with van der Waals surface area (Å²) < 4.78 is 6.72. The molecular weight excluding hydrogens is 468 g/mol. The number of ether oxygens (including phenoxy) is 1. The molecule has 0 fully saturated rings. The first-order valence-corrected chi connectivity index (χ1v) is 12.9. The lowest BCUT2D eigenvalue weighted by Gasteiger charge is -2.31. The molecular formula is C29H48N4O4. The van der Waals surface area contributed by atoms with Gasteiger partial charge >= 0.3 is 5.97 Å². The molecule has 8 heteroatoms. The Kier molecular flexibility index (Phi) is 18.4. The van der Waals surface area contributed by atoms with E-state index in [0.29, 0.717) is 24.1 Å². The predicted octanol–water partition coefficient (Wildman–Crippen LogP) is 4.85. The molecule has 0 aliphatic carbocycles. The van der Waals surface area contributed by atoms with Gasteiger partial charge in [-0.05, 0) is 65.8 Å². The summed E-state index contributed by atoms with van der Waals surface area (Å²) >= 11 is 0. The van der Waals surface area contributed by atoms with Crippen LogP contribution >= 0.6 is 0 Å². The minimum atomic E-state index is -0.576. The Morgan fingerprint density at radius 2 is 1.76 bits per heavy atom. The van der Waals surface area contributed by atoms with Gasteiger partial charge in [0.05, 0.1) is 12.1 Å². The highest BCUT2D eigenvalue weighted by atomic mass is 16.5. The van der Waals surface area contributed by atoms with E-state index >= 15 is 0 Å². The van der Waals surface area contributed by atoms with Crippen molar-refractivity contribution in [2.75, 3.05) is 27.2 Å². The number of hydrogen-bond donors (Lipinski definition) is 1. The maximum atomic E-state index is 13.1. The van der Waals surface area contributed by atoms with Gasteiger partial charge < -0.3 is 19.9 Å². The lowest BCUT2D eigenvalue weighted by molar-refractivity contribution is -0.135. The summed E-state index contributed by atoms with van der Waals surface area (Å²) in [4.78, 5) is 43.3. The van der Waals surface area contributed by atoms with E-state index in [9.17, 15) is 14.4 Å². The number of esters is 1. The molecule has 0 bridgehead atoms. The van der Waals surface area contributed by atoms with Crippen molar-refractivity contribution in [1.29, 1.82) is 0 Å². The van der Waals surface area contributed by atoms with Crippen LogP contribution in [-0.4, -0.2) is 54.3 Å². The maximum absolute atomic E-state index is 13.1. The maximum Gasteiger partial charge on any atom is 0.356 e. The van der Waals surface area contributed by atoms with Gasteiger partial charge in [-0.1, -0.05) is 45.9 Å². The number of amides is 1. The molecule has 1 aromatic rings. The molecule has 1 aromatic heterocycles. The molecule has 0 saturated heterocycles. The molecule has 2 rings (SSSR count). The Labute approximate surface area is 223 Å². The predicted molar refractivity (Wildman–Crippen MR) is 155 cm³/mol. The second kappa shape index (κ2) is 18.9. The van der Waals surface area contributed by atoms with Crippen molar-refractivity contribution in [2.24, 2.45) is 10.7 Å². The quantitative estimate of drug-likeness (QED) is 0.317. The lowest BCUT2D eigenvalue weighted by atomic mass is 9.95. The fourth-order valence-corrected chi connectivity index (χ4v) is 3.55. The minimum absolute atomic E-state index is 0.0954. The van der Waals surface area contributed by atoms with Gasteiger partial charge in [0.2, 0.25) is 0 Å². The van der Waals surface area contributed by atoms with Crippen LogP contribution in [0.4, 0.5) is 0 Å². The van der Waals surface area contributed by atoms with Gasteiger partial charge in [0, 0.05) is 37.1 Å². The normalized spacial score (nSPS) is 14.2. The first-order valence-electron chi connectivity index (χ1n) is 12.9. The monoisotopic (exact) mass is 516 g/mol. The van der Waals surface area contributed by atoms with Crippen molar-refractivity contribution in [3.63, 3.8) is 0 Å². The molecule has 1 aliphatic heterocycles. The van der Waals surface area contributed by atoms with Crippen LogP contribution in [0.25, 0.3) is 0 Å². The van der Waals surface area contributed by atoms with Crippen molar-refractivity contribution in [3.8, 4) is 0 Å². The summed E-state index contributed by atoms with van der Waals surface area (Å²) in [6.07, 6.45) is 7.86. The van der Waals surface area contributed by atoms with Gasteiger partial charge in [0.15, 0.2) is 0 Å². The molecule has 1 amide bonds. The molecule has 208 valence electrons. The van der Waals surface area contributed by atoms with E-state index in [1.54, 1.807) is 35.6 Å². The van der Waals surface area contributed by atoms with Gasteiger partial charge in [-0.15, -0.1) is 0 Å². The van der Waals surface area contributed by atoms with E-state index in [0.717, 1.165) is 5.70 Å². The third kappa shape index (κ3) is 9.96. The van der Waals surface area contributed by atoms with Crippen LogP contribution in [0.15, 0.2) is 69.3 Å². The fraction of sp³-hybridized carbons (Fsp3) is 0.517. The van der Waals surface area contributed by atoms with Crippen LogP contribution < -0.4 is 11.3 Å². The molecule has 0 radical (unpaired) electrons. The first-order chi connectivity index (χ1) is 17.7. The van der Waals surface area contributed by atoms with Gasteiger partial charge in [-0.3, -0.25) is 14.6 Å². The van der Waals surface area contributed by atoms with Crippen LogP contribution in [0.2, 0.25) is 0 Å². The summed E-state index contributed by atoms with van der Waals surface area (Å²) in [6.45, 7) is 17.8. The average Bonchev–Trinajstić information content (AvgIpc) is 2.92. The number of aliphatic imine (C=N–C) groups is 1. The molecule has 2 N–H and O–H groups in total. The van der Waals surface area contributed by atoms with Crippen molar-refractivity contribution in [2.45, 2.75) is 74.3 Å². The highest BCUT2D eigenvalue weighted by molar-refractivity contribution is 6.44. The number of hydrogen-bond acceptors (Lipinski definition) is 6. The fourth-order valence-electron chi connectivity index (χ4n) is 3.55. The van der Waals surface area contributed by atoms with E-state index in [2.05, 4.69) is 10.7 Å². The number of nitrogens with zero attached hydrogens (tertiary/aromatic N) is 3. The Morgan fingerprint density at radius 3 is 2.24 bits per heavy atom. The highest BCUT2D eigenvalue weighted by Crippen LogP contribution is 2.25. The highest BCUT2D eigenvalue weighted by Gasteiger charge is 2.30. The third-order valence-corrected chi connectivity index (χ3v) is 5.30. The largest absolute Gasteiger partial charge is 0.461 e. The van der Waals surface area contributed by atoms with Crippen LogP contribution in [0.3, 0.4) is 0 Å². The van der Waals surface area contributed by atoms with Gasteiger partial charge in [0.25, 0.3) is 11.5 Å². The number of aromatic nitrogens is 1. The van der Waals surface area contributed by atoms with Crippen LogP contribution in [0, 0.1) is 0 Å². The number of pyridine rings is 1. The molecule has 2 heterocycles. The van der Waals surface area contributed by atoms with Crippen LogP contribution in [0.5, 0.6) is 0 Å². The zero-order valence-electron chi connectivity index (χ0n) is 24.7. The number of nitrogens with two attached hydrogens (primary N) is 1. The molecule has 1 aliphatic rings. The topological polar surface area (TPSA) is 107 Å². The number of allylic oxidation sites excluding steroid dienone is 3. The van der Waals surface area contributed by atoms with E-state index < -0.39 is 11.5 Å². The molecule has 8 nitrogen and oxygen atoms in total. The van der Waals surface area contributed by atoms with Gasteiger partial charge in [-0.25, -0.2) is 4.79 Å². The summed E-state index contributed by atoms with van der Waals surface area (Å²) in [5.41, 5.74) is 5.86. The van der Waals surface area contributed by atoms with Crippen LogP contribution in [0.1, 0.15) is 68.7 Å². The molecule has 0 unspecified atom stereocenters. The second-order valence-electron chi connectivity index (χ2n) is 7.71. The minimum Gasteiger partial charge on any atom is -0.461 e. The van der Waals surface area contributed by atoms with E-state index in [-0.39, 0.29) is 23.8 Å². The molecule has 0 spiro atoms. The van der Waals surface area contributed by atoms with Crippen molar-refractivity contribution in [3.05, 3.63) is 69.8 Å². The first kappa shape index (κ1) is 35.9. The summed E-state index contributed by atoms with van der Waals surface area (Å²) in [5.74, 6) is -0.694. The number of carbonyl (C=O) groups excluding carboxylic acids is 2. The summed E-state index contributed by atoms with van der Waals surface area (Å²) in [7, 11) is 3.02. The Balaban J connectivity index is 0. The van der Waals surface area contributed by atoms with Crippen molar-refractivity contribution >= 4 is 17.6 Å². The second-order valence-corrected chi connectivity index (χ2v) is 7.71. The standard InChI is InChI=1S/C24H31N3O4.2C2H6.CH5N/c1-7-18(12-14-24(4,5)27-15-10-9-11-20(27)28)26-16-13-19(17(3)22(26)29)21(25-6)23(30)31-8-2;3*1-2/h7,9-12,14-15H,8,13,16H2,1-6H3;2*1-2H3;2H2,1H3/b14-12-,18-7+,25-21?;;;. The van der Waals surface area contributed by atoms with Crippen molar-refractivity contribution in [1.82, 2.24) is 9.47 Å². The summed E-state index contributed by atoms with van der Waals surface area (Å²) in [6, 6.07) is 5.04. The zero-order valence-corrected chi connectivity index (χ0v) is 24.7. The lowest BCUT2D eigenvalue weighted by Crippen LogP contribution is -2.38.